The van der Waals surface area contributed by atoms with Crippen molar-refractivity contribution in [2.75, 3.05) is 25.1 Å². The normalized spacial score (nSPS) is 10.5. The highest BCUT2D eigenvalue weighted by atomic mass is 35.5. The Labute approximate surface area is 165 Å². The lowest BCUT2D eigenvalue weighted by Crippen LogP contribution is -2.28. The van der Waals surface area contributed by atoms with Crippen LogP contribution in [0.2, 0.25) is 5.02 Å². The van der Waals surface area contributed by atoms with Gasteiger partial charge >= 0.3 is 5.97 Å². The number of carbonyl (C=O) groups is 2. The lowest BCUT2D eigenvalue weighted by atomic mass is 10.2. The highest BCUT2D eigenvalue weighted by Gasteiger charge is 2.17. The van der Waals surface area contributed by atoms with Gasteiger partial charge in [-0.3, -0.25) is 4.79 Å². The number of carbonyl (C=O) groups excluding carboxylic acids is 2. The number of halogens is 2. The summed E-state index contributed by atoms with van der Waals surface area (Å²) < 4.78 is 18.7. The van der Waals surface area contributed by atoms with E-state index >= 15 is 0 Å². The summed E-state index contributed by atoms with van der Waals surface area (Å²) >= 11 is 7.03. The number of benzene rings is 1. The van der Waals surface area contributed by atoms with Crippen molar-refractivity contribution < 1.29 is 18.7 Å². The summed E-state index contributed by atoms with van der Waals surface area (Å²) in [6, 6.07) is 4.35. The summed E-state index contributed by atoms with van der Waals surface area (Å²) in [5.74, 6) is -1.36. The third kappa shape index (κ3) is 5.54. The summed E-state index contributed by atoms with van der Waals surface area (Å²) in [6.45, 7) is 1.92. The molecular formula is C17H18ClFN4O3S. The third-order valence-electron chi connectivity index (χ3n) is 3.50. The summed E-state index contributed by atoms with van der Waals surface area (Å²) in [7, 11) is 1.55. The number of amides is 1. The first-order chi connectivity index (χ1) is 12.8. The molecule has 1 aromatic carbocycles. The van der Waals surface area contributed by atoms with Gasteiger partial charge in [0.1, 0.15) is 17.2 Å². The van der Waals surface area contributed by atoms with Gasteiger partial charge in [0.15, 0.2) is 5.16 Å². The number of rotatable bonds is 7. The Morgan fingerprint density at radius 2 is 2.15 bits per heavy atom. The topological polar surface area (TPSA) is 98.4 Å². The van der Waals surface area contributed by atoms with Crippen LogP contribution in [0.5, 0.6) is 0 Å². The van der Waals surface area contributed by atoms with Gasteiger partial charge in [-0.15, -0.1) is 0 Å². The van der Waals surface area contributed by atoms with Crippen molar-refractivity contribution in [1.29, 1.82) is 0 Å². The minimum Gasteiger partial charge on any atom is -0.462 e. The van der Waals surface area contributed by atoms with E-state index in [0.29, 0.717) is 0 Å². The number of aromatic nitrogens is 2. The van der Waals surface area contributed by atoms with Gasteiger partial charge in [-0.2, -0.15) is 0 Å². The molecule has 144 valence electrons. The minimum absolute atomic E-state index is 0.0146. The smallest absolute Gasteiger partial charge is 0.343 e. The molecule has 0 atom stereocenters. The largest absolute Gasteiger partial charge is 0.462 e. The monoisotopic (exact) mass is 412 g/mol. The van der Waals surface area contributed by atoms with Crippen LogP contribution in [0.4, 0.5) is 10.2 Å². The van der Waals surface area contributed by atoms with E-state index in [0.717, 1.165) is 11.8 Å². The predicted molar refractivity (Wildman–Crippen MR) is 101 cm³/mol. The molecule has 0 unspecified atom stereocenters. The fraction of sp³-hybridized carbons (Fsp3) is 0.294. The van der Waals surface area contributed by atoms with E-state index in [2.05, 4.69) is 9.97 Å². The van der Waals surface area contributed by atoms with Crippen LogP contribution in [0.3, 0.4) is 0 Å². The second-order valence-corrected chi connectivity index (χ2v) is 6.76. The average Bonchev–Trinajstić information content (AvgIpc) is 2.62. The van der Waals surface area contributed by atoms with E-state index in [9.17, 15) is 14.0 Å². The number of nitrogens with zero attached hydrogens (tertiary/aromatic N) is 3. The standard InChI is InChI=1S/C17H18ClFN4O3S/c1-3-26-16(25)10-7-21-17(22-15(10)20)27-9-14(24)23(2)8-11-12(18)5-4-6-13(11)19/h4-7H,3,8-9H2,1-2H3,(H2,20,21,22). The summed E-state index contributed by atoms with van der Waals surface area (Å²) in [5, 5.41) is 0.499. The molecule has 0 bridgehead atoms. The van der Waals surface area contributed by atoms with Crippen LogP contribution in [0, 0.1) is 5.82 Å². The first-order valence-corrected chi connectivity index (χ1v) is 9.29. The number of anilines is 1. The lowest BCUT2D eigenvalue weighted by molar-refractivity contribution is -0.127. The molecule has 0 aliphatic rings. The van der Waals surface area contributed by atoms with E-state index in [1.54, 1.807) is 20.0 Å². The van der Waals surface area contributed by atoms with E-state index in [1.807, 2.05) is 0 Å². The van der Waals surface area contributed by atoms with Gasteiger partial charge in [-0.05, 0) is 19.1 Å². The highest BCUT2D eigenvalue weighted by molar-refractivity contribution is 7.99. The van der Waals surface area contributed by atoms with Gasteiger partial charge in [-0.1, -0.05) is 29.4 Å². The molecule has 0 radical (unpaired) electrons. The molecule has 0 aliphatic carbocycles. The molecule has 1 aromatic heterocycles. The molecule has 0 saturated carbocycles. The summed E-state index contributed by atoms with van der Waals surface area (Å²) in [4.78, 5) is 33.3. The number of esters is 1. The molecule has 2 N–H and O–H groups in total. The van der Waals surface area contributed by atoms with Crippen LogP contribution in [-0.4, -0.2) is 46.2 Å². The van der Waals surface area contributed by atoms with Crippen LogP contribution in [0.15, 0.2) is 29.6 Å². The zero-order valence-electron chi connectivity index (χ0n) is 14.7. The Balaban J connectivity index is 1.96. The molecule has 27 heavy (non-hydrogen) atoms. The number of hydrogen-bond acceptors (Lipinski definition) is 7. The Bertz CT molecular complexity index is 833. The van der Waals surface area contributed by atoms with Crippen LogP contribution >= 0.6 is 23.4 Å². The number of nitrogen functional groups attached to an aromatic ring is 1. The van der Waals surface area contributed by atoms with Crippen LogP contribution in [-0.2, 0) is 16.1 Å². The highest BCUT2D eigenvalue weighted by Crippen LogP contribution is 2.22. The molecule has 1 amide bonds. The number of nitrogens with two attached hydrogens (primary N) is 1. The molecule has 0 fully saturated rings. The van der Waals surface area contributed by atoms with E-state index < -0.39 is 11.8 Å². The number of ether oxygens (including phenoxy) is 1. The zero-order valence-corrected chi connectivity index (χ0v) is 16.3. The van der Waals surface area contributed by atoms with Gasteiger partial charge < -0.3 is 15.4 Å². The van der Waals surface area contributed by atoms with Crippen molar-refractivity contribution in [1.82, 2.24) is 14.9 Å². The second kappa shape index (κ2) is 9.52. The van der Waals surface area contributed by atoms with Gasteiger partial charge in [0.05, 0.1) is 12.4 Å². The molecule has 2 rings (SSSR count). The molecule has 10 heteroatoms. The van der Waals surface area contributed by atoms with Crippen LogP contribution in [0.25, 0.3) is 0 Å². The Morgan fingerprint density at radius 1 is 1.41 bits per heavy atom. The minimum atomic E-state index is -0.607. The predicted octanol–water partition coefficient (Wildman–Crippen LogP) is 2.78. The van der Waals surface area contributed by atoms with Crippen molar-refractivity contribution in [3.05, 3.63) is 46.4 Å². The second-order valence-electron chi connectivity index (χ2n) is 5.41. The van der Waals surface area contributed by atoms with Crippen LogP contribution < -0.4 is 5.73 Å². The average molecular weight is 413 g/mol. The molecule has 2 aromatic rings. The number of thioether (sulfide) groups is 1. The van der Waals surface area contributed by atoms with Crippen LogP contribution in [0.1, 0.15) is 22.8 Å². The van der Waals surface area contributed by atoms with Gasteiger partial charge in [-0.25, -0.2) is 19.2 Å². The van der Waals surface area contributed by atoms with Crippen molar-refractivity contribution in [2.24, 2.45) is 0 Å². The summed E-state index contributed by atoms with van der Waals surface area (Å²) in [5.41, 5.74) is 6.05. The summed E-state index contributed by atoms with van der Waals surface area (Å²) in [6.07, 6.45) is 1.26. The van der Waals surface area contributed by atoms with Crippen molar-refractivity contribution in [3.63, 3.8) is 0 Å². The number of hydrogen-bond donors (Lipinski definition) is 1. The third-order valence-corrected chi connectivity index (χ3v) is 4.70. The van der Waals surface area contributed by atoms with Crippen molar-refractivity contribution in [2.45, 2.75) is 18.6 Å². The van der Waals surface area contributed by atoms with E-state index in [-0.39, 0.29) is 51.9 Å². The zero-order chi connectivity index (χ0) is 20.0. The van der Waals surface area contributed by atoms with E-state index in [4.69, 9.17) is 22.1 Å². The maximum absolute atomic E-state index is 13.8. The fourth-order valence-corrected chi connectivity index (χ4v) is 3.04. The fourth-order valence-electron chi connectivity index (χ4n) is 2.06. The van der Waals surface area contributed by atoms with Gasteiger partial charge in [0.2, 0.25) is 5.91 Å². The maximum atomic E-state index is 13.8. The van der Waals surface area contributed by atoms with E-state index in [1.165, 1.54) is 23.2 Å². The molecule has 1 heterocycles. The maximum Gasteiger partial charge on any atom is 0.343 e. The Kier molecular flexibility index (Phi) is 7.37. The first kappa shape index (κ1) is 20.9. The van der Waals surface area contributed by atoms with Gasteiger partial charge in [0.25, 0.3) is 0 Å². The molecule has 7 nitrogen and oxygen atoms in total. The Hall–Kier alpha value is -2.39. The van der Waals surface area contributed by atoms with Gasteiger partial charge in [0, 0.05) is 30.4 Å². The van der Waals surface area contributed by atoms with Crippen molar-refractivity contribution >= 4 is 41.1 Å². The quantitative estimate of drug-likeness (QED) is 0.424. The molecule has 0 spiro atoms. The lowest BCUT2D eigenvalue weighted by Gasteiger charge is -2.18. The SMILES string of the molecule is CCOC(=O)c1cnc(SCC(=O)N(C)Cc2c(F)cccc2Cl)nc1N. The molecule has 0 saturated heterocycles. The molecule has 0 aliphatic heterocycles. The molecular weight excluding hydrogens is 395 g/mol. The Morgan fingerprint density at radius 3 is 2.78 bits per heavy atom. The first-order valence-electron chi connectivity index (χ1n) is 7.92. The van der Waals surface area contributed by atoms with Crippen molar-refractivity contribution in [3.8, 4) is 0 Å².